The Morgan fingerprint density at radius 2 is 1.67 bits per heavy atom. The molecular formula is C11H18O6S. The maximum atomic E-state index is 11.8. The van der Waals surface area contributed by atoms with E-state index < -0.39 is 28.4 Å². The number of ether oxygens (including phenoxy) is 3. The van der Waals surface area contributed by atoms with Gasteiger partial charge in [-0.3, -0.25) is 9.59 Å². The molecule has 0 aromatic heterocycles. The molecule has 0 bridgehead atoms. The summed E-state index contributed by atoms with van der Waals surface area (Å²) in [4.78, 5) is 34.6. The lowest BCUT2D eigenvalue weighted by molar-refractivity contribution is -0.152. The van der Waals surface area contributed by atoms with Gasteiger partial charge in [-0.05, 0) is 25.1 Å². The lowest BCUT2D eigenvalue weighted by Crippen LogP contribution is -2.35. The Hall–Kier alpha value is -1.24. The highest BCUT2D eigenvalue weighted by molar-refractivity contribution is 8.14. The smallest absolute Gasteiger partial charge is 0.367 e. The predicted molar refractivity (Wildman–Crippen MR) is 66.2 cm³/mol. The summed E-state index contributed by atoms with van der Waals surface area (Å²) in [7, 11) is 2.44. The van der Waals surface area contributed by atoms with Gasteiger partial charge in [-0.15, -0.1) is 0 Å². The Morgan fingerprint density at radius 3 is 2.06 bits per heavy atom. The fourth-order valence-corrected chi connectivity index (χ4v) is 2.26. The molecule has 0 saturated carbocycles. The van der Waals surface area contributed by atoms with E-state index in [1.165, 1.54) is 14.2 Å². The van der Waals surface area contributed by atoms with Gasteiger partial charge in [-0.25, -0.2) is 4.79 Å². The molecule has 0 heterocycles. The molecule has 18 heavy (non-hydrogen) atoms. The molecule has 0 saturated heterocycles. The fraction of sp³-hybridized carbons (Fsp3) is 0.727. The van der Waals surface area contributed by atoms with Crippen molar-refractivity contribution in [1.82, 2.24) is 0 Å². The minimum atomic E-state index is -0.949. The highest BCUT2D eigenvalue weighted by Gasteiger charge is 2.37. The zero-order valence-corrected chi connectivity index (χ0v) is 11.7. The summed E-state index contributed by atoms with van der Waals surface area (Å²) in [5.74, 6) is -1.91. The van der Waals surface area contributed by atoms with Gasteiger partial charge in [-0.1, -0.05) is 6.92 Å². The van der Waals surface area contributed by atoms with Crippen molar-refractivity contribution in [2.45, 2.75) is 25.5 Å². The molecule has 6 nitrogen and oxygen atoms in total. The van der Waals surface area contributed by atoms with Crippen molar-refractivity contribution in [2.75, 3.05) is 20.8 Å². The zero-order valence-electron chi connectivity index (χ0n) is 10.9. The van der Waals surface area contributed by atoms with E-state index in [-0.39, 0.29) is 6.61 Å². The zero-order chi connectivity index (χ0) is 14.1. The highest BCUT2D eigenvalue weighted by Crippen LogP contribution is 2.26. The Bertz CT molecular complexity index is 304. The van der Waals surface area contributed by atoms with Gasteiger partial charge in [0.25, 0.3) is 0 Å². The number of carbonyl (C=O) groups is 3. The van der Waals surface area contributed by atoms with Crippen molar-refractivity contribution in [3.05, 3.63) is 0 Å². The SMILES string of the molecule is CCOC(=O)[C@H](SC(=O)OC)[C@@H](CC)C(=O)OC. The maximum absolute atomic E-state index is 11.8. The summed E-state index contributed by atoms with van der Waals surface area (Å²) >= 11 is 0.633. The van der Waals surface area contributed by atoms with Crippen LogP contribution in [0.4, 0.5) is 4.79 Å². The van der Waals surface area contributed by atoms with Crippen molar-refractivity contribution < 1.29 is 28.6 Å². The van der Waals surface area contributed by atoms with Crippen LogP contribution in [0.3, 0.4) is 0 Å². The molecule has 0 aliphatic carbocycles. The second-order valence-corrected chi connectivity index (χ2v) is 4.36. The number of thioether (sulfide) groups is 1. The third-order valence-corrected chi connectivity index (χ3v) is 3.35. The van der Waals surface area contributed by atoms with Crippen LogP contribution in [-0.4, -0.2) is 43.3 Å². The second-order valence-electron chi connectivity index (χ2n) is 3.28. The first kappa shape index (κ1) is 16.8. The van der Waals surface area contributed by atoms with E-state index in [1.54, 1.807) is 13.8 Å². The summed E-state index contributed by atoms with van der Waals surface area (Å²) in [6.07, 6.45) is 0.361. The van der Waals surface area contributed by atoms with Crippen LogP contribution in [-0.2, 0) is 23.8 Å². The molecule has 0 N–H and O–H groups in total. The van der Waals surface area contributed by atoms with Crippen LogP contribution in [0.1, 0.15) is 20.3 Å². The summed E-state index contributed by atoms with van der Waals surface area (Å²) in [6, 6.07) is 0. The number of esters is 2. The number of carbonyl (C=O) groups excluding carboxylic acids is 3. The van der Waals surface area contributed by atoms with Gasteiger partial charge < -0.3 is 14.2 Å². The van der Waals surface area contributed by atoms with E-state index in [1.807, 2.05) is 0 Å². The number of methoxy groups -OCH3 is 2. The molecule has 0 radical (unpaired) electrons. The van der Waals surface area contributed by atoms with Crippen molar-refractivity contribution in [3.8, 4) is 0 Å². The molecule has 2 atom stereocenters. The Morgan fingerprint density at radius 1 is 1.06 bits per heavy atom. The molecule has 0 aliphatic rings. The molecule has 104 valence electrons. The second kappa shape index (κ2) is 8.79. The minimum Gasteiger partial charge on any atom is -0.469 e. The van der Waals surface area contributed by atoms with Crippen LogP contribution in [0.15, 0.2) is 0 Å². The third kappa shape index (κ3) is 4.95. The van der Waals surface area contributed by atoms with Crippen molar-refractivity contribution in [2.24, 2.45) is 5.92 Å². The minimum absolute atomic E-state index is 0.175. The first-order valence-corrected chi connectivity index (χ1v) is 6.38. The molecule has 0 aromatic carbocycles. The summed E-state index contributed by atoms with van der Waals surface area (Å²) in [6.45, 7) is 3.55. The normalized spacial score (nSPS) is 13.3. The Balaban J connectivity index is 4.97. The molecule has 0 unspecified atom stereocenters. The molecule has 0 fully saturated rings. The molecular weight excluding hydrogens is 260 g/mol. The van der Waals surface area contributed by atoms with Gasteiger partial charge in [0.1, 0.15) is 5.25 Å². The molecule has 0 amide bonds. The van der Waals surface area contributed by atoms with E-state index in [9.17, 15) is 14.4 Å². The van der Waals surface area contributed by atoms with E-state index in [2.05, 4.69) is 9.47 Å². The Labute approximate surface area is 110 Å². The average Bonchev–Trinajstić information content (AvgIpc) is 2.37. The number of hydrogen-bond acceptors (Lipinski definition) is 7. The van der Waals surface area contributed by atoms with Crippen LogP contribution in [0.5, 0.6) is 0 Å². The lowest BCUT2D eigenvalue weighted by Gasteiger charge is -2.20. The molecule has 0 spiro atoms. The standard InChI is InChI=1S/C11H18O6S/c1-5-7(9(12)15-3)8(10(13)17-6-2)18-11(14)16-4/h7-8H,5-6H2,1-4H3/t7-,8-/m1/s1. The van der Waals surface area contributed by atoms with Crippen LogP contribution in [0.2, 0.25) is 0 Å². The van der Waals surface area contributed by atoms with Gasteiger partial charge in [0.15, 0.2) is 0 Å². The number of hydrogen-bond donors (Lipinski definition) is 0. The maximum Gasteiger partial charge on any atom is 0.367 e. The van der Waals surface area contributed by atoms with Crippen LogP contribution in [0.25, 0.3) is 0 Å². The summed E-state index contributed by atoms with van der Waals surface area (Å²) in [5.41, 5.74) is 0. The first-order valence-electron chi connectivity index (χ1n) is 5.50. The quantitative estimate of drug-likeness (QED) is 0.539. The van der Waals surface area contributed by atoms with Crippen LogP contribution < -0.4 is 0 Å². The lowest BCUT2D eigenvalue weighted by atomic mass is 10.0. The highest BCUT2D eigenvalue weighted by atomic mass is 32.2. The van der Waals surface area contributed by atoms with Crippen molar-refractivity contribution in [3.63, 3.8) is 0 Å². The van der Waals surface area contributed by atoms with Gasteiger partial charge in [0.2, 0.25) is 0 Å². The Kier molecular flexibility index (Phi) is 8.19. The van der Waals surface area contributed by atoms with Gasteiger partial charge in [-0.2, -0.15) is 0 Å². The molecule has 7 heteroatoms. The predicted octanol–water partition coefficient (Wildman–Crippen LogP) is 1.62. The van der Waals surface area contributed by atoms with Crippen molar-refractivity contribution in [1.29, 1.82) is 0 Å². The monoisotopic (exact) mass is 278 g/mol. The van der Waals surface area contributed by atoms with Gasteiger partial charge in [0, 0.05) is 0 Å². The van der Waals surface area contributed by atoms with Gasteiger partial charge in [0.05, 0.1) is 26.7 Å². The van der Waals surface area contributed by atoms with Crippen LogP contribution in [0, 0.1) is 5.92 Å². The summed E-state index contributed by atoms with van der Waals surface area (Å²) < 4.78 is 13.9. The topological polar surface area (TPSA) is 78.9 Å². The van der Waals surface area contributed by atoms with Crippen molar-refractivity contribution >= 4 is 29.0 Å². The largest absolute Gasteiger partial charge is 0.469 e. The van der Waals surface area contributed by atoms with E-state index in [0.29, 0.717) is 18.2 Å². The molecule has 0 rings (SSSR count). The third-order valence-electron chi connectivity index (χ3n) is 2.22. The number of rotatable bonds is 6. The van der Waals surface area contributed by atoms with E-state index in [4.69, 9.17) is 4.74 Å². The van der Waals surface area contributed by atoms with Gasteiger partial charge >= 0.3 is 17.2 Å². The van der Waals surface area contributed by atoms with E-state index in [0.717, 1.165) is 0 Å². The summed E-state index contributed by atoms with van der Waals surface area (Å²) in [5, 5.41) is -1.59. The van der Waals surface area contributed by atoms with Crippen LogP contribution >= 0.6 is 11.8 Å². The van der Waals surface area contributed by atoms with E-state index >= 15 is 0 Å². The molecule has 0 aromatic rings. The molecule has 0 aliphatic heterocycles. The fourth-order valence-electron chi connectivity index (χ4n) is 1.33. The average molecular weight is 278 g/mol. The first-order chi connectivity index (χ1) is 8.51.